The normalized spacial score (nSPS) is 32.4. The Morgan fingerprint density at radius 1 is 1.50 bits per heavy atom. The molecular formula is C14H19NO2S. The van der Waals surface area contributed by atoms with Gasteiger partial charge in [0.05, 0.1) is 5.92 Å². The summed E-state index contributed by atoms with van der Waals surface area (Å²) in [6.07, 6.45) is 4.03. The quantitative estimate of drug-likeness (QED) is 0.894. The van der Waals surface area contributed by atoms with Gasteiger partial charge in [-0.25, -0.2) is 0 Å². The first-order valence-corrected chi connectivity index (χ1v) is 7.61. The third-order valence-electron chi connectivity index (χ3n) is 4.55. The molecule has 1 aromatic heterocycles. The molecule has 1 aromatic rings. The van der Waals surface area contributed by atoms with Crippen LogP contribution in [-0.4, -0.2) is 28.6 Å². The Labute approximate surface area is 111 Å². The lowest BCUT2D eigenvalue weighted by Crippen LogP contribution is -2.45. The first kappa shape index (κ1) is 12.2. The van der Waals surface area contributed by atoms with Gasteiger partial charge in [-0.05, 0) is 43.2 Å². The lowest BCUT2D eigenvalue weighted by Gasteiger charge is -2.39. The number of carboxylic acids is 1. The van der Waals surface area contributed by atoms with Crippen molar-refractivity contribution in [1.82, 2.24) is 4.90 Å². The molecule has 0 amide bonds. The molecule has 3 atom stereocenters. The molecule has 0 saturated heterocycles. The van der Waals surface area contributed by atoms with E-state index in [9.17, 15) is 9.90 Å². The average molecular weight is 265 g/mol. The van der Waals surface area contributed by atoms with Crippen LogP contribution in [0.1, 0.15) is 42.7 Å². The minimum Gasteiger partial charge on any atom is -0.481 e. The zero-order valence-corrected chi connectivity index (χ0v) is 11.4. The molecule has 0 bridgehead atoms. The molecule has 1 saturated carbocycles. The number of hydrogen-bond donors (Lipinski definition) is 1. The predicted octanol–water partition coefficient (Wildman–Crippen LogP) is 2.92. The van der Waals surface area contributed by atoms with Gasteiger partial charge in [0.15, 0.2) is 0 Å². The molecule has 3 rings (SSSR count). The standard InChI is InChI=1S/C14H19NO2S/c1-9-10-6-8-18-13(10)5-7-15(9)12-4-2-3-11(12)14(16)17/h6,8-9,11-12H,2-5,7H2,1H3,(H,16,17). The summed E-state index contributed by atoms with van der Waals surface area (Å²) in [5.41, 5.74) is 1.42. The van der Waals surface area contributed by atoms with E-state index in [2.05, 4.69) is 23.3 Å². The maximum atomic E-state index is 11.3. The Morgan fingerprint density at radius 3 is 3.11 bits per heavy atom. The van der Waals surface area contributed by atoms with E-state index in [1.165, 1.54) is 10.4 Å². The van der Waals surface area contributed by atoms with Gasteiger partial charge >= 0.3 is 5.97 Å². The molecular weight excluding hydrogens is 246 g/mol. The van der Waals surface area contributed by atoms with Crippen LogP contribution in [0.5, 0.6) is 0 Å². The van der Waals surface area contributed by atoms with Crippen molar-refractivity contribution in [2.75, 3.05) is 6.54 Å². The minimum absolute atomic E-state index is 0.160. The van der Waals surface area contributed by atoms with Crippen LogP contribution in [0, 0.1) is 5.92 Å². The zero-order valence-electron chi connectivity index (χ0n) is 10.6. The highest BCUT2D eigenvalue weighted by atomic mass is 32.1. The minimum atomic E-state index is -0.610. The van der Waals surface area contributed by atoms with Crippen molar-refractivity contribution in [1.29, 1.82) is 0 Å². The summed E-state index contributed by atoms with van der Waals surface area (Å²) in [5.74, 6) is -0.770. The van der Waals surface area contributed by atoms with Crippen LogP contribution < -0.4 is 0 Å². The van der Waals surface area contributed by atoms with E-state index in [-0.39, 0.29) is 12.0 Å². The zero-order chi connectivity index (χ0) is 12.7. The van der Waals surface area contributed by atoms with Gasteiger partial charge in [-0.3, -0.25) is 9.69 Å². The largest absolute Gasteiger partial charge is 0.481 e. The molecule has 2 aliphatic rings. The van der Waals surface area contributed by atoms with Crippen molar-refractivity contribution < 1.29 is 9.90 Å². The molecule has 0 aromatic carbocycles. The summed E-state index contributed by atoms with van der Waals surface area (Å²) in [7, 11) is 0. The Balaban J connectivity index is 1.84. The highest BCUT2D eigenvalue weighted by Crippen LogP contribution is 2.39. The Kier molecular flexibility index (Phi) is 3.16. The van der Waals surface area contributed by atoms with Gasteiger partial charge in [0.1, 0.15) is 0 Å². The van der Waals surface area contributed by atoms with Gasteiger partial charge in [-0.1, -0.05) is 6.42 Å². The van der Waals surface area contributed by atoms with Crippen LogP contribution in [0.25, 0.3) is 0 Å². The van der Waals surface area contributed by atoms with Crippen LogP contribution in [-0.2, 0) is 11.2 Å². The second-order valence-electron chi connectivity index (χ2n) is 5.41. The lowest BCUT2D eigenvalue weighted by molar-refractivity contribution is -0.143. The third kappa shape index (κ3) is 1.88. The Bertz CT molecular complexity index is 456. The Hall–Kier alpha value is -0.870. The van der Waals surface area contributed by atoms with E-state index < -0.39 is 5.97 Å². The van der Waals surface area contributed by atoms with Crippen LogP contribution in [0.3, 0.4) is 0 Å². The second kappa shape index (κ2) is 4.67. The van der Waals surface area contributed by atoms with Gasteiger partial charge in [0.25, 0.3) is 0 Å². The third-order valence-corrected chi connectivity index (χ3v) is 5.54. The highest BCUT2D eigenvalue weighted by molar-refractivity contribution is 7.10. The second-order valence-corrected chi connectivity index (χ2v) is 6.41. The van der Waals surface area contributed by atoms with Crippen LogP contribution in [0.4, 0.5) is 0 Å². The summed E-state index contributed by atoms with van der Waals surface area (Å²) >= 11 is 1.84. The van der Waals surface area contributed by atoms with E-state index in [1.54, 1.807) is 0 Å². The van der Waals surface area contributed by atoms with Crippen molar-refractivity contribution in [3.8, 4) is 0 Å². The number of thiophene rings is 1. The summed E-state index contributed by atoms with van der Waals surface area (Å²) in [5, 5.41) is 11.5. The van der Waals surface area contributed by atoms with Crippen molar-refractivity contribution in [2.45, 2.75) is 44.7 Å². The molecule has 3 nitrogen and oxygen atoms in total. The molecule has 2 heterocycles. The van der Waals surface area contributed by atoms with E-state index in [0.29, 0.717) is 6.04 Å². The molecule has 18 heavy (non-hydrogen) atoms. The summed E-state index contributed by atoms with van der Waals surface area (Å²) in [6, 6.07) is 2.83. The molecule has 0 radical (unpaired) electrons. The molecule has 4 heteroatoms. The van der Waals surface area contributed by atoms with Gasteiger partial charge in [0, 0.05) is 23.5 Å². The predicted molar refractivity (Wildman–Crippen MR) is 71.9 cm³/mol. The number of hydrogen-bond acceptors (Lipinski definition) is 3. The smallest absolute Gasteiger partial charge is 0.308 e. The van der Waals surface area contributed by atoms with Gasteiger partial charge in [0.2, 0.25) is 0 Å². The molecule has 98 valence electrons. The summed E-state index contributed by atoms with van der Waals surface area (Å²) in [4.78, 5) is 15.3. The average Bonchev–Trinajstić information content (AvgIpc) is 2.97. The van der Waals surface area contributed by atoms with Crippen molar-refractivity contribution >= 4 is 17.3 Å². The lowest BCUT2D eigenvalue weighted by atomic mass is 9.94. The molecule has 1 aliphatic carbocycles. The monoisotopic (exact) mass is 265 g/mol. The molecule has 1 aliphatic heterocycles. The molecule has 1 N–H and O–H groups in total. The topological polar surface area (TPSA) is 40.5 Å². The molecule has 3 unspecified atom stereocenters. The maximum Gasteiger partial charge on any atom is 0.308 e. The number of fused-ring (bicyclic) bond motifs is 1. The van der Waals surface area contributed by atoms with Crippen LogP contribution >= 0.6 is 11.3 Å². The van der Waals surface area contributed by atoms with E-state index in [4.69, 9.17) is 0 Å². The maximum absolute atomic E-state index is 11.3. The van der Waals surface area contributed by atoms with Crippen molar-refractivity contribution in [3.63, 3.8) is 0 Å². The molecule has 0 spiro atoms. The number of aliphatic carboxylic acids is 1. The first-order valence-electron chi connectivity index (χ1n) is 6.73. The fourth-order valence-corrected chi connectivity index (χ4v) is 4.57. The van der Waals surface area contributed by atoms with Crippen molar-refractivity contribution in [2.24, 2.45) is 5.92 Å². The van der Waals surface area contributed by atoms with Crippen LogP contribution in [0.2, 0.25) is 0 Å². The SMILES string of the molecule is CC1c2ccsc2CCN1C1CCCC1C(=O)O. The van der Waals surface area contributed by atoms with E-state index in [1.807, 2.05) is 11.3 Å². The Morgan fingerprint density at radius 2 is 2.33 bits per heavy atom. The van der Waals surface area contributed by atoms with E-state index >= 15 is 0 Å². The fraction of sp³-hybridized carbons (Fsp3) is 0.643. The van der Waals surface area contributed by atoms with Crippen LogP contribution in [0.15, 0.2) is 11.4 Å². The first-order chi connectivity index (χ1) is 8.68. The summed E-state index contributed by atoms with van der Waals surface area (Å²) < 4.78 is 0. The number of carbonyl (C=O) groups is 1. The van der Waals surface area contributed by atoms with E-state index in [0.717, 1.165) is 32.2 Å². The summed E-state index contributed by atoms with van der Waals surface area (Å²) in [6.45, 7) is 3.24. The van der Waals surface area contributed by atoms with Crippen molar-refractivity contribution in [3.05, 3.63) is 21.9 Å². The number of nitrogens with zero attached hydrogens (tertiary/aromatic N) is 1. The highest BCUT2D eigenvalue weighted by Gasteiger charge is 2.40. The number of carboxylic acid groups (broad SMARTS) is 1. The van der Waals surface area contributed by atoms with Gasteiger partial charge in [-0.15, -0.1) is 11.3 Å². The number of rotatable bonds is 2. The molecule has 1 fully saturated rings. The fourth-order valence-electron chi connectivity index (χ4n) is 3.61. The van der Waals surface area contributed by atoms with Gasteiger partial charge < -0.3 is 5.11 Å². The van der Waals surface area contributed by atoms with Gasteiger partial charge in [-0.2, -0.15) is 0 Å².